The molecule has 0 unspecified atom stereocenters. The van der Waals surface area contributed by atoms with Crippen LogP contribution in [0.3, 0.4) is 0 Å². The van der Waals surface area contributed by atoms with Gasteiger partial charge in [-0.1, -0.05) is 52.2 Å². The lowest BCUT2D eigenvalue weighted by atomic mass is 9.91. The zero-order valence-corrected chi connectivity index (χ0v) is 19.9. The molecule has 6 heteroatoms. The van der Waals surface area contributed by atoms with Gasteiger partial charge in [-0.2, -0.15) is 0 Å². The van der Waals surface area contributed by atoms with Crippen LogP contribution in [0.4, 0.5) is 0 Å². The highest BCUT2D eigenvalue weighted by molar-refractivity contribution is 9.10. The van der Waals surface area contributed by atoms with Gasteiger partial charge in [0.25, 0.3) is 0 Å². The van der Waals surface area contributed by atoms with Crippen molar-refractivity contribution >= 4 is 15.9 Å². The van der Waals surface area contributed by atoms with Crippen LogP contribution in [-0.2, 0) is 19.6 Å². The minimum absolute atomic E-state index is 0.191. The van der Waals surface area contributed by atoms with E-state index in [9.17, 15) is 0 Å². The van der Waals surface area contributed by atoms with Gasteiger partial charge in [0.2, 0.25) is 6.79 Å². The number of nitrogens with zero attached hydrogens (tertiary/aromatic N) is 1. The molecule has 0 radical (unpaired) electrons. The van der Waals surface area contributed by atoms with Gasteiger partial charge in [-0.15, -0.1) is 6.42 Å². The Morgan fingerprint density at radius 3 is 2.76 bits per heavy atom. The number of terminal acetylenes is 1. The molecule has 1 atom stereocenters. The second-order valence-corrected chi connectivity index (χ2v) is 8.88. The lowest BCUT2D eigenvalue weighted by molar-refractivity contribution is 0.170. The SMILES string of the molecule is C#C[C@@H]1c2cc(OCc3ccccc3)c(OC)cc2CCN1Cc1c(Br)ccc2c1OCO2. The van der Waals surface area contributed by atoms with Crippen LogP contribution in [0.15, 0.2) is 59.1 Å². The third-order valence-corrected chi connectivity index (χ3v) is 6.84. The minimum atomic E-state index is -0.191. The summed E-state index contributed by atoms with van der Waals surface area (Å²) in [6, 6.07) is 17.9. The Balaban J connectivity index is 1.44. The van der Waals surface area contributed by atoms with Crippen LogP contribution in [0.1, 0.15) is 28.3 Å². The summed E-state index contributed by atoms with van der Waals surface area (Å²) in [4.78, 5) is 2.29. The van der Waals surface area contributed by atoms with E-state index in [-0.39, 0.29) is 12.8 Å². The van der Waals surface area contributed by atoms with Gasteiger partial charge < -0.3 is 18.9 Å². The third-order valence-electron chi connectivity index (χ3n) is 6.09. The molecule has 0 fully saturated rings. The van der Waals surface area contributed by atoms with Crippen molar-refractivity contribution < 1.29 is 18.9 Å². The van der Waals surface area contributed by atoms with Gasteiger partial charge in [-0.05, 0) is 47.4 Å². The molecule has 3 aromatic rings. The van der Waals surface area contributed by atoms with E-state index >= 15 is 0 Å². The number of methoxy groups -OCH3 is 1. The van der Waals surface area contributed by atoms with E-state index in [0.717, 1.165) is 51.4 Å². The summed E-state index contributed by atoms with van der Waals surface area (Å²) in [5, 5.41) is 0. The lowest BCUT2D eigenvalue weighted by Crippen LogP contribution is -2.34. The molecule has 0 bridgehead atoms. The molecule has 0 amide bonds. The second-order valence-electron chi connectivity index (χ2n) is 8.03. The molecular formula is C27H24BrNO4. The molecule has 0 aliphatic carbocycles. The number of hydrogen-bond acceptors (Lipinski definition) is 5. The fourth-order valence-corrected chi connectivity index (χ4v) is 4.85. The van der Waals surface area contributed by atoms with Crippen molar-refractivity contribution in [2.75, 3.05) is 20.4 Å². The molecule has 2 aliphatic rings. The van der Waals surface area contributed by atoms with Gasteiger partial charge in [0, 0.05) is 23.1 Å². The fraction of sp³-hybridized carbons (Fsp3) is 0.259. The summed E-state index contributed by atoms with van der Waals surface area (Å²) in [7, 11) is 1.67. The number of fused-ring (bicyclic) bond motifs is 2. The maximum absolute atomic E-state index is 6.15. The van der Waals surface area contributed by atoms with Crippen LogP contribution < -0.4 is 18.9 Å². The first-order valence-corrected chi connectivity index (χ1v) is 11.6. The van der Waals surface area contributed by atoms with E-state index in [1.54, 1.807) is 7.11 Å². The van der Waals surface area contributed by atoms with E-state index in [1.165, 1.54) is 5.56 Å². The highest BCUT2D eigenvalue weighted by Gasteiger charge is 2.30. The van der Waals surface area contributed by atoms with Gasteiger partial charge in [-0.3, -0.25) is 4.90 Å². The Kier molecular flexibility index (Phi) is 6.17. The fourth-order valence-electron chi connectivity index (χ4n) is 4.41. The van der Waals surface area contributed by atoms with Gasteiger partial charge in [-0.25, -0.2) is 0 Å². The maximum Gasteiger partial charge on any atom is 0.231 e. The van der Waals surface area contributed by atoms with E-state index < -0.39 is 0 Å². The predicted molar refractivity (Wildman–Crippen MR) is 130 cm³/mol. The Morgan fingerprint density at radius 2 is 1.97 bits per heavy atom. The summed E-state index contributed by atoms with van der Waals surface area (Å²) >= 11 is 3.67. The molecule has 33 heavy (non-hydrogen) atoms. The van der Waals surface area contributed by atoms with Crippen LogP contribution in [0.2, 0.25) is 0 Å². The largest absolute Gasteiger partial charge is 0.493 e. The average Bonchev–Trinajstić information content (AvgIpc) is 3.33. The topological polar surface area (TPSA) is 40.2 Å². The number of benzene rings is 3. The third kappa shape index (κ3) is 4.27. The monoisotopic (exact) mass is 505 g/mol. The van der Waals surface area contributed by atoms with Gasteiger partial charge >= 0.3 is 0 Å². The molecule has 0 saturated heterocycles. The van der Waals surface area contributed by atoms with Crippen LogP contribution in [0.5, 0.6) is 23.0 Å². The summed E-state index contributed by atoms with van der Waals surface area (Å²) in [6.45, 7) is 2.17. The molecule has 0 N–H and O–H groups in total. The first-order valence-electron chi connectivity index (χ1n) is 10.8. The molecule has 2 aliphatic heterocycles. The van der Waals surface area contributed by atoms with Crippen molar-refractivity contribution in [3.8, 4) is 35.3 Å². The number of halogens is 1. The second kappa shape index (κ2) is 9.38. The van der Waals surface area contributed by atoms with E-state index in [1.807, 2.05) is 48.5 Å². The quantitative estimate of drug-likeness (QED) is 0.413. The summed E-state index contributed by atoms with van der Waals surface area (Å²) in [5.74, 6) is 5.97. The summed E-state index contributed by atoms with van der Waals surface area (Å²) < 4.78 is 24.1. The van der Waals surface area contributed by atoms with E-state index in [2.05, 4.69) is 32.8 Å². The van der Waals surface area contributed by atoms with E-state index in [4.69, 9.17) is 25.4 Å². The predicted octanol–water partition coefficient (Wildman–Crippen LogP) is 5.50. The van der Waals surface area contributed by atoms with Crippen molar-refractivity contribution in [3.05, 3.63) is 81.3 Å². The van der Waals surface area contributed by atoms with Crippen LogP contribution in [0, 0.1) is 12.3 Å². The first-order chi connectivity index (χ1) is 16.2. The van der Waals surface area contributed by atoms with Gasteiger partial charge in [0.1, 0.15) is 6.61 Å². The van der Waals surface area contributed by atoms with Crippen LogP contribution >= 0.6 is 15.9 Å². The lowest BCUT2D eigenvalue weighted by Gasteiger charge is -2.35. The molecule has 2 heterocycles. The smallest absolute Gasteiger partial charge is 0.231 e. The molecule has 3 aromatic carbocycles. The molecule has 0 saturated carbocycles. The highest BCUT2D eigenvalue weighted by atomic mass is 79.9. The Morgan fingerprint density at radius 1 is 1.12 bits per heavy atom. The van der Waals surface area contributed by atoms with Crippen LogP contribution in [-0.4, -0.2) is 25.3 Å². The van der Waals surface area contributed by atoms with Crippen LogP contribution in [0.25, 0.3) is 0 Å². The standard InChI is InChI=1S/C27H24BrNO4/c1-3-23-20-14-26(31-16-18-7-5-4-6-8-18)25(30-2)13-19(20)11-12-29(23)15-21-22(28)9-10-24-27(21)33-17-32-24/h1,4-10,13-14,23H,11-12,15-17H2,2H3/t23-/m1/s1. The average molecular weight is 506 g/mol. The summed E-state index contributed by atoms with van der Waals surface area (Å²) in [5.41, 5.74) is 4.41. The first kappa shape index (κ1) is 21.7. The Hall–Kier alpha value is -3.14. The number of rotatable bonds is 6. The molecule has 0 aromatic heterocycles. The highest BCUT2D eigenvalue weighted by Crippen LogP contribution is 2.43. The van der Waals surface area contributed by atoms with Gasteiger partial charge in [0.15, 0.2) is 23.0 Å². The molecule has 5 rings (SSSR count). The maximum atomic E-state index is 6.15. The zero-order chi connectivity index (χ0) is 22.8. The van der Waals surface area contributed by atoms with Crippen molar-refractivity contribution in [2.45, 2.75) is 25.6 Å². The van der Waals surface area contributed by atoms with Crippen molar-refractivity contribution in [1.29, 1.82) is 0 Å². The Bertz CT molecular complexity index is 1200. The molecule has 5 nitrogen and oxygen atoms in total. The number of ether oxygens (including phenoxy) is 4. The number of hydrogen-bond donors (Lipinski definition) is 0. The van der Waals surface area contributed by atoms with Crippen molar-refractivity contribution in [3.63, 3.8) is 0 Å². The van der Waals surface area contributed by atoms with Crippen molar-refractivity contribution in [2.24, 2.45) is 0 Å². The molecule has 0 spiro atoms. The Labute approximate surface area is 202 Å². The van der Waals surface area contributed by atoms with Crippen molar-refractivity contribution in [1.82, 2.24) is 4.90 Å². The summed E-state index contributed by atoms with van der Waals surface area (Å²) in [6.07, 6.45) is 6.94. The molecule has 168 valence electrons. The molecular weight excluding hydrogens is 482 g/mol. The van der Waals surface area contributed by atoms with Gasteiger partial charge in [0.05, 0.1) is 13.2 Å². The van der Waals surface area contributed by atoms with E-state index in [0.29, 0.717) is 18.9 Å². The normalized spacial score (nSPS) is 16.7. The minimum Gasteiger partial charge on any atom is -0.493 e. The zero-order valence-electron chi connectivity index (χ0n) is 18.3.